The maximum Gasteiger partial charge on any atom is 0.274 e. The zero-order chi connectivity index (χ0) is 19.8. The molecular weight excluding hydrogens is 387 g/mol. The maximum absolute atomic E-state index is 13.0. The fraction of sp³-hybridized carbons (Fsp3) is 0.0435. The lowest BCUT2D eigenvalue weighted by molar-refractivity contribution is 0.306. The van der Waals surface area contributed by atoms with Crippen molar-refractivity contribution in [2.24, 2.45) is 0 Å². The van der Waals surface area contributed by atoms with Crippen LogP contribution in [0, 0.1) is 5.82 Å². The maximum atomic E-state index is 13.0. The molecule has 0 saturated carbocycles. The van der Waals surface area contributed by atoms with Crippen molar-refractivity contribution in [1.82, 2.24) is 9.38 Å². The first-order valence-electron chi connectivity index (χ1n) is 9.06. The summed E-state index contributed by atoms with van der Waals surface area (Å²) in [4.78, 5) is 18.1. The van der Waals surface area contributed by atoms with Crippen molar-refractivity contribution in [3.05, 3.63) is 105 Å². The average Bonchev–Trinajstić information content (AvgIpc) is 3.24. The highest BCUT2D eigenvalue weighted by Crippen LogP contribution is 2.18. The van der Waals surface area contributed by atoms with Crippen LogP contribution >= 0.6 is 11.3 Å². The fourth-order valence-corrected chi connectivity index (χ4v) is 4.19. The van der Waals surface area contributed by atoms with E-state index in [-0.39, 0.29) is 11.4 Å². The van der Waals surface area contributed by atoms with Gasteiger partial charge in [0, 0.05) is 0 Å². The van der Waals surface area contributed by atoms with Gasteiger partial charge >= 0.3 is 0 Å². The van der Waals surface area contributed by atoms with Gasteiger partial charge in [-0.15, -0.1) is 0 Å². The first-order chi connectivity index (χ1) is 14.2. The van der Waals surface area contributed by atoms with Gasteiger partial charge in [-0.3, -0.25) is 4.79 Å². The van der Waals surface area contributed by atoms with Crippen LogP contribution in [0.2, 0.25) is 0 Å². The SMILES string of the molecule is O=c1/c(=C\c2cccc(OCc3ccc(F)cc3)c2)sc2nc3ccccc3n12. The van der Waals surface area contributed by atoms with Crippen molar-refractivity contribution >= 4 is 33.4 Å². The minimum absolute atomic E-state index is 0.0728. The number of para-hydroxylation sites is 2. The van der Waals surface area contributed by atoms with E-state index >= 15 is 0 Å². The molecule has 2 aromatic heterocycles. The smallest absolute Gasteiger partial charge is 0.274 e. The third-order valence-corrected chi connectivity index (χ3v) is 5.59. The average molecular weight is 402 g/mol. The first kappa shape index (κ1) is 17.6. The Labute approximate surface area is 169 Å². The van der Waals surface area contributed by atoms with Crippen molar-refractivity contribution in [2.45, 2.75) is 6.61 Å². The molecule has 0 radical (unpaired) electrons. The molecule has 0 unspecified atom stereocenters. The molecule has 29 heavy (non-hydrogen) atoms. The minimum Gasteiger partial charge on any atom is -0.489 e. The number of halogens is 1. The van der Waals surface area contributed by atoms with Crippen molar-refractivity contribution in [3.63, 3.8) is 0 Å². The van der Waals surface area contributed by atoms with Gasteiger partial charge in [-0.25, -0.2) is 13.8 Å². The molecule has 0 aliphatic carbocycles. The van der Waals surface area contributed by atoms with Crippen LogP contribution in [0.15, 0.2) is 77.6 Å². The Hall–Kier alpha value is -3.51. The van der Waals surface area contributed by atoms with Crippen LogP contribution in [0.1, 0.15) is 11.1 Å². The third-order valence-electron chi connectivity index (χ3n) is 4.62. The number of benzene rings is 3. The first-order valence-corrected chi connectivity index (χ1v) is 9.88. The molecule has 5 aromatic rings. The van der Waals surface area contributed by atoms with E-state index in [0.717, 1.165) is 22.2 Å². The van der Waals surface area contributed by atoms with E-state index in [9.17, 15) is 9.18 Å². The predicted octanol–water partition coefficient (Wildman–Crippen LogP) is 4.18. The summed E-state index contributed by atoms with van der Waals surface area (Å²) in [5, 5.41) is 0. The second-order valence-electron chi connectivity index (χ2n) is 6.62. The Morgan fingerprint density at radius 1 is 1.03 bits per heavy atom. The summed E-state index contributed by atoms with van der Waals surface area (Å²) in [5.41, 5.74) is 3.32. The lowest BCUT2D eigenvalue weighted by Crippen LogP contribution is -2.22. The van der Waals surface area contributed by atoms with Gasteiger partial charge < -0.3 is 4.74 Å². The molecule has 3 aromatic carbocycles. The molecule has 142 valence electrons. The summed E-state index contributed by atoms with van der Waals surface area (Å²) in [6.45, 7) is 0.343. The van der Waals surface area contributed by atoms with Crippen molar-refractivity contribution in [2.75, 3.05) is 0 Å². The number of nitrogens with zero attached hydrogens (tertiary/aromatic N) is 2. The van der Waals surface area contributed by atoms with Gasteiger partial charge in [0.15, 0.2) is 4.96 Å². The molecule has 0 atom stereocenters. The quantitative estimate of drug-likeness (QED) is 0.453. The predicted molar refractivity (Wildman–Crippen MR) is 113 cm³/mol. The van der Waals surface area contributed by atoms with Crippen molar-refractivity contribution in [3.8, 4) is 5.75 Å². The summed E-state index contributed by atoms with van der Waals surface area (Å²) < 4.78 is 21.1. The minimum atomic E-state index is -0.270. The molecule has 0 bridgehead atoms. The monoisotopic (exact) mass is 402 g/mol. The number of rotatable bonds is 4. The van der Waals surface area contributed by atoms with Crippen LogP contribution in [0.4, 0.5) is 4.39 Å². The Morgan fingerprint density at radius 3 is 2.72 bits per heavy atom. The molecule has 0 saturated heterocycles. The van der Waals surface area contributed by atoms with Gasteiger partial charge in [0.1, 0.15) is 18.2 Å². The molecule has 5 rings (SSSR count). The zero-order valence-corrected chi connectivity index (χ0v) is 16.0. The summed E-state index contributed by atoms with van der Waals surface area (Å²) in [7, 11) is 0. The number of thiazole rings is 1. The van der Waals surface area contributed by atoms with E-state index in [4.69, 9.17) is 4.74 Å². The second kappa shape index (κ2) is 7.14. The molecule has 0 spiro atoms. The summed E-state index contributed by atoms with van der Waals surface area (Å²) in [6, 6.07) is 21.4. The zero-order valence-electron chi connectivity index (χ0n) is 15.2. The summed E-state index contributed by atoms with van der Waals surface area (Å²) >= 11 is 1.37. The largest absolute Gasteiger partial charge is 0.489 e. The van der Waals surface area contributed by atoms with E-state index in [2.05, 4.69) is 4.98 Å². The molecule has 0 amide bonds. The number of aromatic nitrogens is 2. The Balaban J connectivity index is 1.46. The third kappa shape index (κ3) is 3.39. The molecule has 0 aliphatic heterocycles. The second-order valence-corrected chi connectivity index (χ2v) is 7.63. The van der Waals surface area contributed by atoms with Crippen LogP contribution in [0.3, 0.4) is 0 Å². The van der Waals surface area contributed by atoms with Gasteiger partial charge in [-0.1, -0.05) is 47.7 Å². The highest BCUT2D eigenvalue weighted by Gasteiger charge is 2.10. The van der Waals surface area contributed by atoms with Crippen molar-refractivity contribution in [1.29, 1.82) is 0 Å². The highest BCUT2D eigenvalue weighted by atomic mass is 32.1. The molecule has 2 heterocycles. The van der Waals surface area contributed by atoms with E-state index in [1.54, 1.807) is 16.5 Å². The van der Waals surface area contributed by atoms with Crippen molar-refractivity contribution < 1.29 is 9.13 Å². The van der Waals surface area contributed by atoms with Gasteiger partial charge in [0.05, 0.1) is 15.6 Å². The Kier molecular flexibility index (Phi) is 4.33. The number of ether oxygens (including phenoxy) is 1. The molecule has 0 N–H and O–H groups in total. The van der Waals surface area contributed by atoms with Gasteiger partial charge in [-0.2, -0.15) is 0 Å². The van der Waals surface area contributed by atoms with Crippen LogP contribution in [0.25, 0.3) is 22.1 Å². The number of hydrogen-bond donors (Lipinski definition) is 0. The standard InChI is InChI=1S/C23H15FN2O2S/c24-17-10-8-15(9-11-17)14-28-18-5-3-4-16(12-18)13-21-22(27)26-20-7-2-1-6-19(20)25-23(26)29-21/h1-13H,14H2/b21-13+. The van der Waals surface area contributed by atoms with Crippen LogP contribution in [0.5, 0.6) is 5.75 Å². The van der Waals surface area contributed by atoms with Crippen LogP contribution in [-0.4, -0.2) is 9.38 Å². The lowest BCUT2D eigenvalue weighted by Gasteiger charge is -2.07. The molecule has 0 fully saturated rings. The van der Waals surface area contributed by atoms with Gasteiger partial charge in [0.2, 0.25) is 0 Å². The molecule has 6 heteroatoms. The summed E-state index contributed by atoms with van der Waals surface area (Å²) in [5.74, 6) is 0.413. The molecule has 4 nitrogen and oxygen atoms in total. The summed E-state index contributed by atoms with van der Waals surface area (Å²) in [6.07, 6.45) is 1.85. The lowest BCUT2D eigenvalue weighted by atomic mass is 10.2. The number of fused-ring (bicyclic) bond motifs is 3. The van der Waals surface area contributed by atoms with E-state index in [0.29, 0.717) is 21.8 Å². The van der Waals surface area contributed by atoms with E-state index in [1.165, 1.54) is 23.5 Å². The Morgan fingerprint density at radius 2 is 1.86 bits per heavy atom. The molecular formula is C23H15FN2O2S. The van der Waals surface area contributed by atoms with Crippen LogP contribution < -0.4 is 14.8 Å². The van der Waals surface area contributed by atoms with Crippen LogP contribution in [-0.2, 0) is 6.61 Å². The van der Waals surface area contributed by atoms with Gasteiger partial charge in [0.25, 0.3) is 5.56 Å². The highest BCUT2D eigenvalue weighted by molar-refractivity contribution is 7.15. The van der Waals surface area contributed by atoms with Gasteiger partial charge in [-0.05, 0) is 53.6 Å². The fourth-order valence-electron chi connectivity index (χ4n) is 3.20. The topological polar surface area (TPSA) is 43.6 Å². The molecule has 0 aliphatic rings. The normalized spacial score (nSPS) is 12.1. The van der Waals surface area contributed by atoms with E-state index < -0.39 is 0 Å². The Bertz CT molecular complexity index is 1440. The number of imidazole rings is 1. The van der Waals surface area contributed by atoms with E-state index in [1.807, 2.05) is 54.6 Å². The number of hydrogen-bond acceptors (Lipinski definition) is 4.